The lowest BCUT2D eigenvalue weighted by Gasteiger charge is -2.10. The van der Waals surface area contributed by atoms with Crippen molar-refractivity contribution in [1.29, 1.82) is 0 Å². The van der Waals surface area contributed by atoms with Crippen LogP contribution in [0.4, 0.5) is 0 Å². The van der Waals surface area contributed by atoms with Gasteiger partial charge in [0.15, 0.2) is 5.82 Å². The monoisotopic (exact) mass is 268 g/mol. The number of aryl methyl sites for hydroxylation is 1. The molecule has 1 atom stereocenters. The minimum Gasteiger partial charge on any atom is -0.321 e. The van der Waals surface area contributed by atoms with E-state index in [0.717, 1.165) is 37.3 Å². The van der Waals surface area contributed by atoms with Gasteiger partial charge in [0.2, 0.25) is 0 Å². The van der Waals surface area contributed by atoms with E-state index in [1.165, 1.54) is 16.7 Å². The van der Waals surface area contributed by atoms with Gasteiger partial charge in [-0.1, -0.05) is 37.3 Å². The topological polar surface area (TPSA) is 67.6 Å². The molecule has 4 heteroatoms. The zero-order chi connectivity index (χ0) is 13.9. The molecule has 0 aliphatic heterocycles. The van der Waals surface area contributed by atoms with Crippen molar-refractivity contribution in [2.24, 2.45) is 5.73 Å². The van der Waals surface area contributed by atoms with Crippen molar-refractivity contribution in [3.63, 3.8) is 0 Å². The van der Waals surface area contributed by atoms with Gasteiger partial charge in [-0.05, 0) is 36.0 Å². The zero-order valence-corrected chi connectivity index (χ0v) is 11.8. The molecule has 1 heterocycles. The predicted molar refractivity (Wildman–Crippen MR) is 80.0 cm³/mol. The van der Waals surface area contributed by atoms with Crippen LogP contribution in [0, 0.1) is 0 Å². The van der Waals surface area contributed by atoms with E-state index in [1.54, 1.807) is 0 Å². The van der Waals surface area contributed by atoms with Gasteiger partial charge < -0.3 is 5.73 Å². The maximum atomic E-state index is 6.26. The molecule has 0 radical (unpaired) electrons. The molecule has 0 saturated heterocycles. The third-order valence-electron chi connectivity index (χ3n) is 3.74. The first-order chi connectivity index (χ1) is 9.78. The molecule has 1 aromatic carbocycles. The number of nitrogens with zero attached hydrogens (tertiary/aromatic N) is 2. The number of hydrogen-bond acceptors (Lipinski definition) is 3. The van der Waals surface area contributed by atoms with Crippen LogP contribution in [0.1, 0.15) is 48.6 Å². The van der Waals surface area contributed by atoms with Gasteiger partial charge in [0.1, 0.15) is 5.82 Å². The highest BCUT2D eigenvalue weighted by molar-refractivity contribution is 5.73. The molecule has 0 spiro atoms. The Balaban J connectivity index is 1.72. The SMILES string of the molecule is CCCc1nc(C(N)CC2=CCc3ccccc32)n[nH]1. The van der Waals surface area contributed by atoms with E-state index in [2.05, 4.69) is 52.4 Å². The summed E-state index contributed by atoms with van der Waals surface area (Å²) in [6.07, 6.45) is 6.05. The molecule has 20 heavy (non-hydrogen) atoms. The van der Waals surface area contributed by atoms with Crippen LogP contribution < -0.4 is 5.73 Å². The van der Waals surface area contributed by atoms with Gasteiger partial charge in [0.25, 0.3) is 0 Å². The maximum Gasteiger partial charge on any atom is 0.167 e. The molecule has 3 N–H and O–H groups in total. The summed E-state index contributed by atoms with van der Waals surface area (Å²) in [7, 11) is 0. The van der Waals surface area contributed by atoms with Crippen molar-refractivity contribution < 1.29 is 0 Å². The third kappa shape index (κ3) is 2.51. The smallest absolute Gasteiger partial charge is 0.167 e. The van der Waals surface area contributed by atoms with Crippen molar-refractivity contribution >= 4 is 5.57 Å². The second-order valence-electron chi connectivity index (χ2n) is 5.29. The molecule has 4 nitrogen and oxygen atoms in total. The van der Waals surface area contributed by atoms with Crippen molar-refractivity contribution in [2.75, 3.05) is 0 Å². The molecule has 0 bridgehead atoms. The van der Waals surface area contributed by atoms with E-state index in [9.17, 15) is 0 Å². The number of benzene rings is 1. The molecule has 2 aromatic rings. The van der Waals surface area contributed by atoms with Crippen LogP contribution >= 0.6 is 0 Å². The number of nitrogens with one attached hydrogen (secondary N) is 1. The number of rotatable bonds is 5. The summed E-state index contributed by atoms with van der Waals surface area (Å²) in [5.74, 6) is 1.65. The summed E-state index contributed by atoms with van der Waals surface area (Å²) in [5, 5.41) is 7.22. The Morgan fingerprint density at radius 1 is 1.35 bits per heavy atom. The summed E-state index contributed by atoms with van der Waals surface area (Å²) in [6, 6.07) is 8.37. The van der Waals surface area contributed by atoms with Gasteiger partial charge in [-0.25, -0.2) is 4.98 Å². The van der Waals surface area contributed by atoms with Crippen molar-refractivity contribution in [2.45, 2.75) is 38.6 Å². The van der Waals surface area contributed by atoms with E-state index in [-0.39, 0.29) is 6.04 Å². The van der Waals surface area contributed by atoms with Gasteiger partial charge >= 0.3 is 0 Å². The van der Waals surface area contributed by atoms with E-state index >= 15 is 0 Å². The molecular weight excluding hydrogens is 248 g/mol. The first-order valence-electron chi connectivity index (χ1n) is 7.22. The van der Waals surface area contributed by atoms with Crippen LogP contribution in [-0.2, 0) is 12.8 Å². The summed E-state index contributed by atoms with van der Waals surface area (Å²) >= 11 is 0. The molecule has 3 rings (SSSR count). The molecule has 0 fully saturated rings. The normalized spacial score (nSPS) is 15.0. The van der Waals surface area contributed by atoms with Crippen LogP contribution in [0.25, 0.3) is 5.57 Å². The first kappa shape index (κ1) is 13.1. The number of hydrogen-bond donors (Lipinski definition) is 2. The molecule has 0 saturated carbocycles. The quantitative estimate of drug-likeness (QED) is 0.876. The number of aromatic amines is 1. The number of allylic oxidation sites excluding steroid dienone is 1. The van der Waals surface area contributed by atoms with Crippen molar-refractivity contribution in [3.8, 4) is 0 Å². The van der Waals surface area contributed by atoms with Crippen LogP contribution in [0.15, 0.2) is 30.3 Å². The van der Waals surface area contributed by atoms with E-state index in [1.807, 2.05) is 0 Å². The van der Waals surface area contributed by atoms with Gasteiger partial charge in [-0.2, -0.15) is 5.10 Å². The Morgan fingerprint density at radius 3 is 3.05 bits per heavy atom. The lowest BCUT2D eigenvalue weighted by Crippen LogP contribution is -2.12. The highest BCUT2D eigenvalue weighted by atomic mass is 15.2. The fourth-order valence-corrected chi connectivity index (χ4v) is 2.70. The number of nitrogens with two attached hydrogens (primary N) is 1. The lowest BCUT2D eigenvalue weighted by atomic mass is 10.00. The highest BCUT2D eigenvalue weighted by Crippen LogP contribution is 2.32. The van der Waals surface area contributed by atoms with E-state index in [4.69, 9.17) is 5.73 Å². The fraction of sp³-hybridized carbons (Fsp3) is 0.375. The van der Waals surface area contributed by atoms with Crippen LogP contribution in [0.5, 0.6) is 0 Å². The minimum absolute atomic E-state index is 0.144. The van der Waals surface area contributed by atoms with Crippen LogP contribution in [0.2, 0.25) is 0 Å². The standard InChI is InChI=1S/C16H20N4/c1-2-5-15-18-16(20-19-15)14(17)10-12-9-8-11-6-3-4-7-13(11)12/h3-4,6-7,9,14H,2,5,8,10,17H2,1H3,(H,18,19,20). The maximum absolute atomic E-state index is 6.26. The van der Waals surface area contributed by atoms with Crippen LogP contribution in [-0.4, -0.2) is 15.2 Å². The Hall–Kier alpha value is -1.94. The number of fused-ring (bicyclic) bond motifs is 1. The summed E-state index contributed by atoms with van der Waals surface area (Å²) in [6.45, 7) is 2.13. The molecular formula is C16H20N4. The fourth-order valence-electron chi connectivity index (χ4n) is 2.70. The largest absolute Gasteiger partial charge is 0.321 e. The number of H-pyrrole nitrogens is 1. The van der Waals surface area contributed by atoms with Gasteiger partial charge in [-0.3, -0.25) is 5.10 Å². The molecule has 1 aromatic heterocycles. The summed E-state index contributed by atoms with van der Waals surface area (Å²) in [4.78, 5) is 4.48. The zero-order valence-electron chi connectivity index (χ0n) is 11.8. The highest BCUT2D eigenvalue weighted by Gasteiger charge is 2.19. The predicted octanol–water partition coefficient (Wildman–Crippen LogP) is 2.79. The molecule has 1 aliphatic rings. The Labute approximate surface area is 119 Å². The Bertz CT molecular complexity index is 627. The van der Waals surface area contributed by atoms with Crippen molar-refractivity contribution in [1.82, 2.24) is 15.2 Å². The first-order valence-corrected chi connectivity index (χ1v) is 7.22. The Morgan fingerprint density at radius 2 is 2.20 bits per heavy atom. The number of aromatic nitrogens is 3. The average Bonchev–Trinajstić information content (AvgIpc) is 3.07. The van der Waals surface area contributed by atoms with E-state index < -0.39 is 0 Å². The lowest BCUT2D eigenvalue weighted by molar-refractivity contribution is 0.693. The molecule has 0 amide bonds. The summed E-state index contributed by atoms with van der Waals surface area (Å²) in [5.41, 5.74) is 10.3. The van der Waals surface area contributed by atoms with Crippen LogP contribution in [0.3, 0.4) is 0 Å². The van der Waals surface area contributed by atoms with Gasteiger partial charge in [-0.15, -0.1) is 0 Å². The van der Waals surface area contributed by atoms with Gasteiger partial charge in [0.05, 0.1) is 6.04 Å². The van der Waals surface area contributed by atoms with Crippen molar-refractivity contribution in [3.05, 3.63) is 53.1 Å². The second-order valence-corrected chi connectivity index (χ2v) is 5.29. The molecule has 1 unspecified atom stereocenters. The Kier molecular flexibility index (Phi) is 3.65. The molecule has 1 aliphatic carbocycles. The van der Waals surface area contributed by atoms with E-state index in [0.29, 0.717) is 0 Å². The molecule has 104 valence electrons. The second kappa shape index (κ2) is 5.59. The minimum atomic E-state index is -0.144. The summed E-state index contributed by atoms with van der Waals surface area (Å²) < 4.78 is 0. The third-order valence-corrected chi connectivity index (χ3v) is 3.74. The average molecular weight is 268 g/mol. The van der Waals surface area contributed by atoms with Gasteiger partial charge in [0, 0.05) is 6.42 Å².